The number of hydrogen-bond donors (Lipinski definition) is 1. The number of H-pyrrole nitrogens is 1. The molecule has 2 aromatic heterocycles. The Morgan fingerprint density at radius 1 is 1.25 bits per heavy atom. The molecule has 0 aromatic carbocycles. The van der Waals surface area contributed by atoms with Crippen molar-refractivity contribution < 1.29 is 4.74 Å². The Morgan fingerprint density at radius 3 is 2.95 bits per heavy atom. The third-order valence-electron chi connectivity index (χ3n) is 4.38. The predicted molar refractivity (Wildman–Crippen MR) is 78.3 cm³/mol. The lowest BCUT2D eigenvalue weighted by Gasteiger charge is -2.35. The third kappa shape index (κ3) is 1.75. The van der Waals surface area contributed by atoms with E-state index < -0.39 is 0 Å². The first-order chi connectivity index (χ1) is 9.84. The lowest BCUT2D eigenvalue weighted by atomic mass is 10.1. The largest absolute Gasteiger partial charge is 0.381 e. The van der Waals surface area contributed by atoms with Gasteiger partial charge in [0.1, 0.15) is 5.82 Å². The van der Waals surface area contributed by atoms with Crippen LogP contribution in [0.25, 0.3) is 10.9 Å². The number of likely N-dealkylation sites (N-methyl/N-ethyl adjacent to an activating group) is 1. The van der Waals surface area contributed by atoms with Crippen LogP contribution in [-0.4, -0.2) is 54.6 Å². The summed E-state index contributed by atoms with van der Waals surface area (Å²) in [6.45, 7) is 3.66. The Hall–Kier alpha value is -1.82. The standard InChI is InChI=1S/C14H19N5O/c1-18-6-7-19(10-3-8-20-9-4-10)13-12-11(2-5-15-13)16-17-14(12)18/h2,5,10H,3-4,6-9H2,1H3,(H,16,17). The predicted octanol–water partition coefficient (Wildman–Crippen LogP) is 1.39. The van der Waals surface area contributed by atoms with E-state index in [9.17, 15) is 0 Å². The number of rotatable bonds is 1. The lowest BCUT2D eigenvalue weighted by molar-refractivity contribution is 0.0845. The number of aromatic amines is 1. The molecule has 2 aliphatic rings. The third-order valence-corrected chi connectivity index (χ3v) is 4.38. The van der Waals surface area contributed by atoms with Crippen molar-refractivity contribution in [2.24, 2.45) is 0 Å². The molecule has 1 N–H and O–H groups in total. The molecule has 0 radical (unpaired) electrons. The first kappa shape index (κ1) is 12.0. The summed E-state index contributed by atoms with van der Waals surface area (Å²) < 4.78 is 5.49. The van der Waals surface area contributed by atoms with Crippen molar-refractivity contribution in [2.75, 3.05) is 43.2 Å². The van der Waals surface area contributed by atoms with Gasteiger partial charge in [0, 0.05) is 45.6 Å². The maximum Gasteiger partial charge on any atom is 0.161 e. The van der Waals surface area contributed by atoms with E-state index in [1.165, 1.54) is 0 Å². The first-order valence-corrected chi connectivity index (χ1v) is 7.23. The maximum absolute atomic E-state index is 5.49. The minimum Gasteiger partial charge on any atom is -0.381 e. The van der Waals surface area contributed by atoms with Gasteiger partial charge in [-0.05, 0) is 18.9 Å². The van der Waals surface area contributed by atoms with Crippen LogP contribution in [0.5, 0.6) is 0 Å². The van der Waals surface area contributed by atoms with Gasteiger partial charge < -0.3 is 14.5 Å². The summed E-state index contributed by atoms with van der Waals surface area (Å²) in [7, 11) is 2.10. The summed E-state index contributed by atoms with van der Waals surface area (Å²) in [5.41, 5.74) is 1.07. The van der Waals surface area contributed by atoms with Gasteiger partial charge in [0.25, 0.3) is 0 Å². The number of aromatic nitrogens is 3. The molecular weight excluding hydrogens is 254 g/mol. The van der Waals surface area contributed by atoms with Gasteiger partial charge in [0.05, 0.1) is 10.9 Å². The molecule has 0 aliphatic carbocycles. The van der Waals surface area contributed by atoms with Crippen molar-refractivity contribution in [3.63, 3.8) is 0 Å². The maximum atomic E-state index is 5.49. The number of ether oxygens (including phenoxy) is 1. The molecule has 6 nitrogen and oxygen atoms in total. The summed E-state index contributed by atoms with van der Waals surface area (Å²) in [5.74, 6) is 2.08. The Bertz CT molecular complexity index is 619. The second-order valence-corrected chi connectivity index (χ2v) is 5.56. The van der Waals surface area contributed by atoms with Crippen LogP contribution in [-0.2, 0) is 4.74 Å². The van der Waals surface area contributed by atoms with Crippen LogP contribution in [0.3, 0.4) is 0 Å². The van der Waals surface area contributed by atoms with Gasteiger partial charge in [-0.25, -0.2) is 4.98 Å². The second-order valence-electron chi connectivity index (χ2n) is 5.56. The minimum absolute atomic E-state index is 0.524. The van der Waals surface area contributed by atoms with E-state index in [4.69, 9.17) is 4.74 Å². The summed E-state index contributed by atoms with van der Waals surface area (Å²) in [4.78, 5) is 9.32. The van der Waals surface area contributed by atoms with Gasteiger partial charge >= 0.3 is 0 Å². The molecule has 1 saturated heterocycles. The zero-order valence-corrected chi connectivity index (χ0v) is 11.7. The average Bonchev–Trinajstić information content (AvgIpc) is 2.87. The SMILES string of the molecule is CN1CCN(C2CCOCC2)c2nccc3[nH]nc1c23. The van der Waals surface area contributed by atoms with E-state index in [1.54, 1.807) is 0 Å². The molecular formula is C14H19N5O. The molecule has 6 heteroatoms. The average molecular weight is 273 g/mol. The van der Waals surface area contributed by atoms with Gasteiger partial charge in [-0.15, -0.1) is 0 Å². The smallest absolute Gasteiger partial charge is 0.161 e. The Morgan fingerprint density at radius 2 is 2.10 bits per heavy atom. The van der Waals surface area contributed by atoms with Crippen molar-refractivity contribution in [2.45, 2.75) is 18.9 Å². The number of nitrogens with zero attached hydrogens (tertiary/aromatic N) is 4. The molecule has 106 valence electrons. The lowest BCUT2D eigenvalue weighted by Crippen LogP contribution is -2.42. The van der Waals surface area contributed by atoms with Crippen LogP contribution in [0, 0.1) is 0 Å². The summed E-state index contributed by atoms with van der Waals surface area (Å²) in [6.07, 6.45) is 4.03. The molecule has 4 rings (SSSR count). The highest BCUT2D eigenvalue weighted by Crippen LogP contribution is 2.35. The fourth-order valence-electron chi connectivity index (χ4n) is 3.25. The number of hydrogen-bond acceptors (Lipinski definition) is 5. The number of pyridine rings is 1. The molecule has 0 atom stereocenters. The molecule has 0 spiro atoms. The van der Waals surface area contributed by atoms with Crippen molar-refractivity contribution in [3.05, 3.63) is 12.3 Å². The van der Waals surface area contributed by atoms with E-state index in [-0.39, 0.29) is 0 Å². The van der Waals surface area contributed by atoms with Gasteiger partial charge in [-0.2, -0.15) is 5.10 Å². The van der Waals surface area contributed by atoms with E-state index in [0.29, 0.717) is 6.04 Å². The van der Waals surface area contributed by atoms with E-state index in [0.717, 1.165) is 61.7 Å². The summed E-state index contributed by atoms with van der Waals surface area (Å²) in [5, 5.41) is 8.73. The van der Waals surface area contributed by atoms with E-state index >= 15 is 0 Å². The Labute approximate surface area is 117 Å². The molecule has 0 amide bonds. The number of nitrogens with one attached hydrogen (secondary N) is 1. The molecule has 2 aliphatic heterocycles. The van der Waals surface area contributed by atoms with Crippen LogP contribution < -0.4 is 9.80 Å². The summed E-state index contributed by atoms with van der Waals surface area (Å²) >= 11 is 0. The van der Waals surface area contributed by atoms with Crippen molar-refractivity contribution in [1.29, 1.82) is 0 Å². The quantitative estimate of drug-likeness (QED) is 0.851. The van der Waals surface area contributed by atoms with Gasteiger partial charge in [0.15, 0.2) is 5.82 Å². The molecule has 2 aromatic rings. The normalized spacial score (nSPS) is 20.4. The minimum atomic E-state index is 0.524. The van der Waals surface area contributed by atoms with Crippen molar-refractivity contribution in [3.8, 4) is 0 Å². The molecule has 4 heterocycles. The van der Waals surface area contributed by atoms with E-state index in [1.807, 2.05) is 12.3 Å². The molecule has 1 fully saturated rings. The Balaban J connectivity index is 1.83. The van der Waals surface area contributed by atoms with Crippen molar-refractivity contribution >= 4 is 22.5 Å². The highest BCUT2D eigenvalue weighted by Gasteiger charge is 2.29. The monoisotopic (exact) mass is 273 g/mol. The van der Waals surface area contributed by atoms with E-state index in [2.05, 4.69) is 32.0 Å². The topological polar surface area (TPSA) is 57.3 Å². The summed E-state index contributed by atoms with van der Waals surface area (Å²) in [6, 6.07) is 2.52. The highest BCUT2D eigenvalue weighted by atomic mass is 16.5. The van der Waals surface area contributed by atoms with Gasteiger partial charge in [-0.3, -0.25) is 5.10 Å². The second kappa shape index (κ2) is 4.63. The first-order valence-electron chi connectivity index (χ1n) is 7.23. The van der Waals surface area contributed by atoms with Gasteiger partial charge in [0.2, 0.25) is 0 Å². The van der Waals surface area contributed by atoms with Gasteiger partial charge in [-0.1, -0.05) is 0 Å². The number of anilines is 2. The zero-order chi connectivity index (χ0) is 13.5. The molecule has 0 bridgehead atoms. The van der Waals surface area contributed by atoms with Crippen LogP contribution in [0.1, 0.15) is 12.8 Å². The highest BCUT2D eigenvalue weighted by molar-refractivity contribution is 5.99. The van der Waals surface area contributed by atoms with Crippen LogP contribution in [0.15, 0.2) is 12.3 Å². The van der Waals surface area contributed by atoms with Crippen LogP contribution in [0.4, 0.5) is 11.6 Å². The zero-order valence-electron chi connectivity index (χ0n) is 11.7. The molecule has 20 heavy (non-hydrogen) atoms. The fraction of sp³-hybridized carbons (Fsp3) is 0.571. The fourth-order valence-corrected chi connectivity index (χ4v) is 3.25. The van der Waals surface area contributed by atoms with Crippen molar-refractivity contribution in [1.82, 2.24) is 15.2 Å². The molecule has 0 unspecified atom stereocenters. The van der Waals surface area contributed by atoms with Crippen LogP contribution in [0.2, 0.25) is 0 Å². The Kier molecular flexibility index (Phi) is 2.77. The van der Waals surface area contributed by atoms with Crippen LogP contribution >= 0.6 is 0 Å². The molecule has 0 saturated carbocycles.